The molecule has 0 radical (unpaired) electrons. The molecule has 2 aromatic carbocycles. The summed E-state index contributed by atoms with van der Waals surface area (Å²) in [6.07, 6.45) is -1.05. The van der Waals surface area contributed by atoms with Crippen LogP contribution in [0.25, 0.3) is 0 Å². The number of aryl methyl sites for hydroxylation is 1. The van der Waals surface area contributed by atoms with E-state index in [4.69, 9.17) is 16.3 Å². The molecule has 0 spiro atoms. The topological polar surface area (TPSA) is 80.8 Å². The van der Waals surface area contributed by atoms with Gasteiger partial charge in [0.2, 0.25) is 15.8 Å². The molecule has 0 saturated heterocycles. The van der Waals surface area contributed by atoms with E-state index in [9.17, 15) is 18.0 Å². The van der Waals surface area contributed by atoms with E-state index >= 15 is 0 Å². The molecule has 1 unspecified atom stereocenters. The highest BCUT2D eigenvalue weighted by atomic mass is 35.5. The average molecular weight is 438 g/mol. The Labute approximate surface area is 176 Å². The maximum absolute atomic E-state index is 12.7. The average Bonchev–Trinajstić information content (AvgIpc) is 2.68. The molecular weight excluding hydrogens is 414 g/mol. The summed E-state index contributed by atoms with van der Waals surface area (Å²) >= 11 is 6.09. The smallest absolute Gasteiger partial charge is 0.340 e. The number of carbonyl (C=O) groups is 2. The molecule has 0 aromatic heterocycles. The van der Waals surface area contributed by atoms with Gasteiger partial charge in [0.25, 0.3) is 0 Å². The largest absolute Gasteiger partial charge is 0.451 e. The van der Waals surface area contributed by atoms with Crippen molar-refractivity contribution in [3.05, 3.63) is 64.2 Å². The maximum Gasteiger partial charge on any atom is 0.340 e. The van der Waals surface area contributed by atoms with E-state index in [1.807, 2.05) is 6.92 Å². The monoisotopic (exact) mass is 437 g/mol. The van der Waals surface area contributed by atoms with E-state index in [0.717, 1.165) is 5.56 Å². The zero-order valence-electron chi connectivity index (χ0n) is 16.8. The van der Waals surface area contributed by atoms with Gasteiger partial charge in [0.15, 0.2) is 6.10 Å². The molecule has 0 aliphatic carbocycles. The van der Waals surface area contributed by atoms with Crippen LogP contribution in [0.5, 0.6) is 0 Å². The first-order chi connectivity index (χ1) is 13.6. The second-order valence-electron chi connectivity index (χ2n) is 6.51. The van der Waals surface area contributed by atoms with Crippen molar-refractivity contribution in [2.75, 3.05) is 13.1 Å². The standard InChI is InChI=1S/C21H24ClNO5S/c1-5-23(6-2)29(26,27)17-11-12-19(22)18(13-17)21(25)28-15(4)20(24)16-9-7-14(3)8-10-16/h7-13,15H,5-6H2,1-4H3. The zero-order valence-corrected chi connectivity index (χ0v) is 18.4. The number of nitrogens with zero attached hydrogens (tertiary/aromatic N) is 1. The Morgan fingerprint density at radius 2 is 1.66 bits per heavy atom. The van der Waals surface area contributed by atoms with Crippen LogP contribution in [-0.4, -0.2) is 43.7 Å². The first-order valence-corrected chi connectivity index (χ1v) is 11.0. The van der Waals surface area contributed by atoms with Crippen LogP contribution < -0.4 is 0 Å². The van der Waals surface area contributed by atoms with Gasteiger partial charge in [-0.2, -0.15) is 4.31 Å². The van der Waals surface area contributed by atoms with Crippen LogP contribution in [-0.2, 0) is 14.8 Å². The van der Waals surface area contributed by atoms with E-state index in [0.29, 0.717) is 18.7 Å². The van der Waals surface area contributed by atoms with Gasteiger partial charge in [0, 0.05) is 18.7 Å². The van der Waals surface area contributed by atoms with Crippen molar-refractivity contribution < 1.29 is 22.7 Å². The Morgan fingerprint density at radius 3 is 2.21 bits per heavy atom. The van der Waals surface area contributed by atoms with Crippen LogP contribution in [0.2, 0.25) is 5.02 Å². The molecule has 2 rings (SSSR count). The number of benzene rings is 2. The fraction of sp³-hybridized carbons (Fsp3) is 0.333. The summed E-state index contributed by atoms with van der Waals surface area (Å²) in [5.74, 6) is -1.22. The highest BCUT2D eigenvalue weighted by molar-refractivity contribution is 7.89. The predicted molar refractivity (Wildman–Crippen MR) is 112 cm³/mol. The van der Waals surface area contributed by atoms with Crippen molar-refractivity contribution in [2.45, 2.75) is 38.7 Å². The summed E-state index contributed by atoms with van der Waals surface area (Å²) in [5.41, 5.74) is 1.31. The van der Waals surface area contributed by atoms with Gasteiger partial charge in [-0.15, -0.1) is 0 Å². The Balaban J connectivity index is 2.26. The first-order valence-electron chi connectivity index (χ1n) is 9.23. The number of carbonyl (C=O) groups excluding carboxylic acids is 2. The molecular formula is C21H24ClNO5S. The third kappa shape index (κ3) is 5.23. The minimum absolute atomic E-state index is 0.0449. The summed E-state index contributed by atoms with van der Waals surface area (Å²) in [7, 11) is -3.77. The molecule has 0 amide bonds. The number of Topliss-reactive ketones (excluding diaryl/α,β-unsaturated/α-hetero) is 1. The lowest BCUT2D eigenvalue weighted by molar-refractivity contribution is 0.0318. The van der Waals surface area contributed by atoms with Gasteiger partial charge in [-0.1, -0.05) is 55.3 Å². The first kappa shape index (κ1) is 23.1. The van der Waals surface area contributed by atoms with E-state index < -0.39 is 22.1 Å². The van der Waals surface area contributed by atoms with Crippen LogP contribution in [0.1, 0.15) is 47.1 Å². The van der Waals surface area contributed by atoms with E-state index in [1.54, 1.807) is 38.1 Å². The molecule has 156 valence electrons. The van der Waals surface area contributed by atoms with Crippen LogP contribution in [0.15, 0.2) is 47.4 Å². The molecule has 2 aromatic rings. The number of sulfonamides is 1. The maximum atomic E-state index is 12.7. The van der Waals surface area contributed by atoms with Crippen molar-refractivity contribution in [3.63, 3.8) is 0 Å². The molecule has 0 bridgehead atoms. The summed E-state index contributed by atoms with van der Waals surface area (Å²) in [6, 6.07) is 10.8. The van der Waals surface area contributed by atoms with Gasteiger partial charge < -0.3 is 4.74 Å². The van der Waals surface area contributed by atoms with Gasteiger partial charge in [0.05, 0.1) is 15.5 Å². The minimum atomic E-state index is -3.77. The van der Waals surface area contributed by atoms with Gasteiger partial charge in [-0.25, -0.2) is 13.2 Å². The Morgan fingerprint density at radius 1 is 1.07 bits per heavy atom. The Hall–Kier alpha value is -2.22. The minimum Gasteiger partial charge on any atom is -0.451 e. The molecule has 29 heavy (non-hydrogen) atoms. The molecule has 0 N–H and O–H groups in total. The van der Waals surface area contributed by atoms with Crippen molar-refractivity contribution in [2.24, 2.45) is 0 Å². The lowest BCUT2D eigenvalue weighted by Gasteiger charge is -2.19. The second-order valence-corrected chi connectivity index (χ2v) is 8.85. The SMILES string of the molecule is CCN(CC)S(=O)(=O)c1ccc(Cl)c(C(=O)OC(C)C(=O)c2ccc(C)cc2)c1. The van der Waals surface area contributed by atoms with Crippen LogP contribution >= 0.6 is 11.6 Å². The summed E-state index contributed by atoms with van der Waals surface area (Å²) in [4.78, 5) is 25.0. The van der Waals surface area contributed by atoms with Crippen molar-refractivity contribution >= 4 is 33.4 Å². The van der Waals surface area contributed by atoms with Gasteiger partial charge in [-0.05, 0) is 32.0 Å². The van der Waals surface area contributed by atoms with Gasteiger partial charge in [-0.3, -0.25) is 4.79 Å². The van der Waals surface area contributed by atoms with Crippen LogP contribution in [0, 0.1) is 6.92 Å². The van der Waals surface area contributed by atoms with E-state index in [2.05, 4.69) is 0 Å². The van der Waals surface area contributed by atoms with E-state index in [1.165, 1.54) is 29.4 Å². The highest BCUT2D eigenvalue weighted by Crippen LogP contribution is 2.24. The summed E-state index contributed by atoms with van der Waals surface area (Å²) < 4.78 is 31.9. The van der Waals surface area contributed by atoms with Gasteiger partial charge >= 0.3 is 5.97 Å². The molecule has 0 aliphatic rings. The molecule has 0 heterocycles. The summed E-state index contributed by atoms with van der Waals surface area (Å²) in [5, 5.41) is 0.0449. The van der Waals surface area contributed by atoms with Crippen LogP contribution in [0.4, 0.5) is 0 Å². The number of hydrogen-bond donors (Lipinski definition) is 0. The third-order valence-electron chi connectivity index (χ3n) is 4.49. The third-order valence-corrected chi connectivity index (χ3v) is 6.87. The second kappa shape index (κ2) is 9.52. The lowest BCUT2D eigenvalue weighted by atomic mass is 10.1. The van der Waals surface area contributed by atoms with Crippen molar-refractivity contribution in [3.8, 4) is 0 Å². The number of ketones is 1. The zero-order chi connectivity index (χ0) is 21.8. The fourth-order valence-electron chi connectivity index (χ4n) is 2.76. The Bertz CT molecular complexity index is 998. The molecule has 0 fully saturated rings. The molecule has 6 nitrogen and oxygen atoms in total. The normalized spacial score (nSPS) is 12.6. The molecule has 8 heteroatoms. The predicted octanol–water partition coefficient (Wildman–Crippen LogP) is 4.11. The van der Waals surface area contributed by atoms with Gasteiger partial charge in [0.1, 0.15) is 0 Å². The number of esters is 1. The molecule has 1 atom stereocenters. The fourth-order valence-corrected chi connectivity index (χ4v) is 4.44. The van der Waals surface area contributed by atoms with Crippen LogP contribution in [0.3, 0.4) is 0 Å². The number of halogens is 1. The highest BCUT2D eigenvalue weighted by Gasteiger charge is 2.26. The Kier molecular flexibility index (Phi) is 7.57. The molecule has 0 aliphatic heterocycles. The lowest BCUT2D eigenvalue weighted by Crippen LogP contribution is -2.31. The summed E-state index contributed by atoms with van der Waals surface area (Å²) in [6.45, 7) is 7.41. The number of ether oxygens (including phenoxy) is 1. The van der Waals surface area contributed by atoms with Crippen molar-refractivity contribution in [1.82, 2.24) is 4.31 Å². The number of hydrogen-bond acceptors (Lipinski definition) is 5. The quantitative estimate of drug-likeness (QED) is 0.458. The van der Waals surface area contributed by atoms with Crippen molar-refractivity contribution in [1.29, 1.82) is 0 Å². The van der Waals surface area contributed by atoms with E-state index in [-0.39, 0.29) is 21.3 Å². The number of rotatable bonds is 8. The molecule has 0 saturated carbocycles.